The topological polar surface area (TPSA) is 49.8 Å². The first kappa shape index (κ1) is 13.9. The lowest BCUT2D eigenvalue weighted by molar-refractivity contribution is 0.0707. The maximum Gasteiger partial charge on any atom is 0.254 e. The highest BCUT2D eigenvalue weighted by Crippen LogP contribution is 2.28. The van der Waals surface area contributed by atoms with Crippen molar-refractivity contribution in [3.8, 4) is 5.75 Å². The Kier molecular flexibility index (Phi) is 4.43. The molecule has 1 aromatic rings. The van der Waals surface area contributed by atoms with Crippen molar-refractivity contribution in [2.75, 3.05) is 13.2 Å². The number of carbonyl (C=O) groups is 1. The molecule has 4 heteroatoms. The van der Waals surface area contributed by atoms with Crippen molar-refractivity contribution in [3.63, 3.8) is 0 Å². The summed E-state index contributed by atoms with van der Waals surface area (Å²) in [6, 6.07) is 7.51. The van der Waals surface area contributed by atoms with Gasteiger partial charge in [-0.2, -0.15) is 0 Å². The number of nitrogens with zero attached hydrogens (tertiary/aromatic N) is 1. The SMILES string of the molecule is CC(C)Oc1ccc(C(=O)N(CCO)C2CC2)cc1. The Morgan fingerprint density at radius 1 is 1.37 bits per heavy atom. The van der Waals surface area contributed by atoms with Crippen LogP contribution in [0.5, 0.6) is 5.75 Å². The van der Waals surface area contributed by atoms with Crippen molar-refractivity contribution in [3.05, 3.63) is 29.8 Å². The monoisotopic (exact) mass is 263 g/mol. The van der Waals surface area contributed by atoms with Gasteiger partial charge in [-0.05, 0) is 51.0 Å². The molecule has 19 heavy (non-hydrogen) atoms. The Bertz CT molecular complexity index is 424. The van der Waals surface area contributed by atoms with Crippen LogP contribution in [0.2, 0.25) is 0 Å². The van der Waals surface area contributed by atoms with E-state index in [1.807, 2.05) is 26.0 Å². The maximum atomic E-state index is 12.3. The number of aliphatic hydroxyl groups is 1. The maximum absolute atomic E-state index is 12.3. The van der Waals surface area contributed by atoms with Crippen LogP contribution in [0.25, 0.3) is 0 Å². The summed E-state index contributed by atoms with van der Waals surface area (Å²) in [4.78, 5) is 14.1. The van der Waals surface area contributed by atoms with Gasteiger partial charge in [-0.1, -0.05) is 0 Å². The van der Waals surface area contributed by atoms with Gasteiger partial charge in [0.15, 0.2) is 0 Å². The van der Waals surface area contributed by atoms with Gasteiger partial charge < -0.3 is 14.7 Å². The summed E-state index contributed by atoms with van der Waals surface area (Å²) in [5.41, 5.74) is 0.649. The van der Waals surface area contributed by atoms with Gasteiger partial charge in [-0.25, -0.2) is 0 Å². The molecule has 1 saturated carbocycles. The molecular weight excluding hydrogens is 242 g/mol. The first-order valence-electron chi connectivity index (χ1n) is 6.80. The molecule has 0 radical (unpaired) electrons. The largest absolute Gasteiger partial charge is 0.491 e. The van der Waals surface area contributed by atoms with E-state index in [9.17, 15) is 4.79 Å². The number of amides is 1. The summed E-state index contributed by atoms with van der Waals surface area (Å²) in [6.07, 6.45) is 2.21. The van der Waals surface area contributed by atoms with Crippen molar-refractivity contribution in [2.24, 2.45) is 0 Å². The zero-order valence-electron chi connectivity index (χ0n) is 11.5. The van der Waals surface area contributed by atoms with Crippen molar-refractivity contribution in [1.29, 1.82) is 0 Å². The molecule has 1 aromatic carbocycles. The first-order valence-corrected chi connectivity index (χ1v) is 6.80. The van der Waals surface area contributed by atoms with Gasteiger partial charge >= 0.3 is 0 Å². The number of hydrogen-bond acceptors (Lipinski definition) is 3. The van der Waals surface area contributed by atoms with Gasteiger partial charge in [0.25, 0.3) is 5.91 Å². The minimum atomic E-state index is -0.00681. The third-order valence-electron chi connectivity index (χ3n) is 3.06. The Balaban J connectivity index is 2.05. The molecule has 0 aliphatic heterocycles. The van der Waals surface area contributed by atoms with Gasteiger partial charge in [-0.15, -0.1) is 0 Å². The van der Waals surface area contributed by atoms with E-state index in [0.29, 0.717) is 18.2 Å². The lowest BCUT2D eigenvalue weighted by Crippen LogP contribution is -2.35. The molecule has 0 atom stereocenters. The van der Waals surface area contributed by atoms with Crippen LogP contribution in [0.15, 0.2) is 24.3 Å². The van der Waals surface area contributed by atoms with E-state index in [2.05, 4.69) is 0 Å². The van der Waals surface area contributed by atoms with Crippen molar-refractivity contribution >= 4 is 5.91 Å². The second kappa shape index (κ2) is 6.06. The van der Waals surface area contributed by atoms with E-state index in [1.54, 1.807) is 17.0 Å². The highest BCUT2D eigenvalue weighted by molar-refractivity contribution is 5.94. The average Bonchev–Trinajstić information content (AvgIpc) is 3.19. The van der Waals surface area contributed by atoms with Crippen LogP contribution in [0, 0.1) is 0 Å². The zero-order valence-corrected chi connectivity index (χ0v) is 11.5. The predicted molar refractivity (Wildman–Crippen MR) is 73.4 cm³/mol. The average molecular weight is 263 g/mol. The van der Waals surface area contributed by atoms with Crippen molar-refractivity contribution in [2.45, 2.75) is 38.8 Å². The Morgan fingerprint density at radius 3 is 2.47 bits per heavy atom. The zero-order chi connectivity index (χ0) is 13.8. The van der Waals surface area contributed by atoms with E-state index in [0.717, 1.165) is 18.6 Å². The van der Waals surface area contributed by atoms with Crippen molar-refractivity contribution in [1.82, 2.24) is 4.90 Å². The third-order valence-corrected chi connectivity index (χ3v) is 3.06. The Hall–Kier alpha value is -1.55. The lowest BCUT2D eigenvalue weighted by Gasteiger charge is -2.21. The summed E-state index contributed by atoms with van der Waals surface area (Å²) >= 11 is 0. The molecule has 1 aliphatic rings. The molecule has 0 bridgehead atoms. The summed E-state index contributed by atoms with van der Waals surface area (Å²) in [6.45, 7) is 4.36. The smallest absolute Gasteiger partial charge is 0.254 e. The van der Waals surface area contributed by atoms with E-state index >= 15 is 0 Å². The third kappa shape index (κ3) is 3.70. The van der Waals surface area contributed by atoms with Gasteiger partial charge in [-0.3, -0.25) is 4.79 Å². The lowest BCUT2D eigenvalue weighted by atomic mass is 10.2. The predicted octanol–water partition coefficient (Wildman–Crippen LogP) is 2.07. The van der Waals surface area contributed by atoms with E-state index in [4.69, 9.17) is 9.84 Å². The number of hydrogen-bond donors (Lipinski definition) is 1. The fourth-order valence-corrected chi connectivity index (χ4v) is 2.06. The van der Waals surface area contributed by atoms with Crippen LogP contribution in [0.1, 0.15) is 37.0 Å². The molecule has 1 fully saturated rings. The molecule has 1 N–H and O–H groups in total. The van der Waals surface area contributed by atoms with Crippen LogP contribution < -0.4 is 4.74 Å². The van der Waals surface area contributed by atoms with Crippen LogP contribution in [0.4, 0.5) is 0 Å². The highest BCUT2D eigenvalue weighted by atomic mass is 16.5. The fourth-order valence-electron chi connectivity index (χ4n) is 2.06. The molecule has 0 unspecified atom stereocenters. The molecule has 2 rings (SSSR count). The number of ether oxygens (including phenoxy) is 1. The molecule has 0 aromatic heterocycles. The van der Waals surface area contributed by atoms with Gasteiger partial charge in [0.1, 0.15) is 5.75 Å². The number of rotatable bonds is 6. The highest BCUT2D eigenvalue weighted by Gasteiger charge is 2.32. The summed E-state index contributed by atoms with van der Waals surface area (Å²) in [7, 11) is 0. The van der Waals surface area contributed by atoms with E-state index < -0.39 is 0 Å². The molecule has 0 saturated heterocycles. The Labute approximate surface area is 114 Å². The molecule has 1 amide bonds. The normalized spacial score (nSPS) is 14.5. The van der Waals surface area contributed by atoms with Gasteiger partial charge in [0, 0.05) is 18.2 Å². The molecule has 0 heterocycles. The van der Waals surface area contributed by atoms with E-state index in [-0.39, 0.29) is 18.6 Å². The summed E-state index contributed by atoms with van der Waals surface area (Å²) in [5, 5.41) is 9.04. The summed E-state index contributed by atoms with van der Waals surface area (Å²) in [5.74, 6) is 0.763. The minimum Gasteiger partial charge on any atom is -0.491 e. The van der Waals surface area contributed by atoms with Crippen LogP contribution >= 0.6 is 0 Å². The van der Waals surface area contributed by atoms with Crippen LogP contribution in [-0.2, 0) is 0 Å². The molecule has 0 spiro atoms. The van der Waals surface area contributed by atoms with Gasteiger partial charge in [0.2, 0.25) is 0 Å². The number of carbonyl (C=O) groups excluding carboxylic acids is 1. The first-order chi connectivity index (χ1) is 9.11. The van der Waals surface area contributed by atoms with Crippen LogP contribution in [-0.4, -0.2) is 41.2 Å². The molecule has 1 aliphatic carbocycles. The molecule has 104 valence electrons. The second-order valence-corrected chi connectivity index (χ2v) is 5.14. The Morgan fingerprint density at radius 2 is 2.00 bits per heavy atom. The van der Waals surface area contributed by atoms with Gasteiger partial charge in [0.05, 0.1) is 12.7 Å². The number of aliphatic hydroxyl groups excluding tert-OH is 1. The minimum absolute atomic E-state index is 0.00681. The fraction of sp³-hybridized carbons (Fsp3) is 0.533. The molecule has 4 nitrogen and oxygen atoms in total. The van der Waals surface area contributed by atoms with E-state index in [1.165, 1.54) is 0 Å². The van der Waals surface area contributed by atoms with Crippen LogP contribution in [0.3, 0.4) is 0 Å². The van der Waals surface area contributed by atoms with Crippen molar-refractivity contribution < 1.29 is 14.6 Å². The standard InChI is InChI=1S/C15H21NO3/c1-11(2)19-14-7-3-12(4-8-14)15(18)16(9-10-17)13-5-6-13/h3-4,7-8,11,13,17H,5-6,9-10H2,1-2H3. The quantitative estimate of drug-likeness (QED) is 0.854. The second-order valence-electron chi connectivity index (χ2n) is 5.14. The summed E-state index contributed by atoms with van der Waals surface area (Å²) < 4.78 is 5.55. The number of benzene rings is 1. The molecular formula is C15H21NO3.